The summed E-state index contributed by atoms with van der Waals surface area (Å²) in [6.07, 6.45) is -0.855. The van der Waals surface area contributed by atoms with E-state index in [1.807, 2.05) is 64.7 Å². The van der Waals surface area contributed by atoms with Gasteiger partial charge in [-0.05, 0) is 59.7 Å². The average Bonchev–Trinajstić information content (AvgIpc) is 3.69. The maximum atomic E-state index is 13.8. The zero-order valence-electron chi connectivity index (χ0n) is 31.0. The van der Waals surface area contributed by atoms with E-state index >= 15 is 0 Å². The van der Waals surface area contributed by atoms with Gasteiger partial charge in [-0.3, -0.25) is 23.7 Å². The molecule has 1 aliphatic rings. The van der Waals surface area contributed by atoms with Crippen LogP contribution < -0.4 is 11.2 Å². The standard InChI is InChI=1S/C21H27ClFN3O6S.C15H24O3S/c1-3-25(4-2)8-7-19(27)31-12-16-15(30-11-13-5-6-17(22)33-13)9-18(32-16)26-10-14(23)20(28)24-21(26)29;1-9(2)12-7-13(10(3)4)15(19(16,17)18)14(8-12)11(5)6/h5-6,10,15-16,18H,3-4,7-9,11-12H2,1-2H3,(H,24,28,29);7-11H,1-6H3,(H,16,17,18)/t15-,16+,18+;/m0./s1. The van der Waals surface area contributed by atoms with Crippen molar-refractivity contribution in [1.29, 1.82) is 0 Å². The molecule has 0 amide bonds. The summed E-state index contributed by atoms with van der Waals surface area (Å²) in [5, 5.41) is 0. The first kappa shape index (κ1) is 43.5. The third kappa shape index (κ3) is 12.1. The number of carbonyl (C=O) groups is 1. The van der Waals surface area contributed by atoms with Crippen molar-refractivity contribution in [2.75, 3.05) is 26.2 Å². The molecular weight excluding hydrogens is 737 g/mol. The van der Waals surface area contributed by atoms with Crippen molar-refractivity contribution < 1.29 is 36.4 Å². The number of benzene rings is 1. The number of nitrogens with one attached hydrogen (secondary N) is 1. The Morgan fingerprint density at radius 3 is 2.21 bits per heavy atom. The Bertz CT molecular complexity index is 1840. The van der Waals surface area contributed by atoms with Crippen molar-refractivity contribution in [2.24, 2.45) is 0 Å². The Balaban J connectivity index is 0.000000326. The lowest BCUT2D eigenvalue weighted by Crippen LogP contribution is -2.34. The SMILES string of the molecule is CC(C)c1cc(C(C)C)c(S(=O)(=O)O)c(C(C)C)c1.CCN(CC)CCC(=O)OC[C@H]1O[C@@H](n2cc(F)c(=O)[nH]c2=O)C[C@@H]1OCc1ccc(Cl)s1. The van der Waals surface area contributed by atoms with Gasteiger partial charge in [-0.15, -0.1) is 11.3 Å². The second-order valence-corrected chi connectivity index (χ2v) is 16.6. The fourth-order valence-corrected chi connectivity index (χ4v) is 7.91. The van der Waals surface area contributed by atoms with Crippen molar-refractivity contribution in [3.63, 3.8) is 0 Å². The lowest BCUT2D eigenvalue weighted by Gasteiger charge is -2.20. The number of esters is 1. The minimum atomic E-state index is -4.20. The average molecular weight is 788 g/mol. The Kier molecular flexibility index (Phi) is 16.2. The van der Waals surface area contributed by atoms with E-state index in [0.29, 0.717) is 27.9 Å². The number of thiophene rings is 1. The fraction of sp³-hybridized carbons (Fsp3) is 0.583. The molecule has 290 valence electrons. The van der Waals surface area contributed by atoms with Gasteiger partial charge in [0.1, 0.15) is 23.8 Å². The summed E-state index contributed by atoms with van der Waals surface area (Å²) in [6, 6.07) is 7.41. The molecule has 52 heavy (non-hydrogen) atoms. The summed E-state index contributed by atoms with van der Waals surface area (Å²) < 4.78 is 65.6. The predicted molar refractivity (Wildman–Crippen MR) is 200 cm³/mol. The number of H-pyrrole nitrogens is 1. The highest BCUT2D eigenvalue weighted by Crippen LogP contribution is 2.35. The number of carbonyl (C=O) groups excluding carboxylic acids is 1. The molecule has 0 spiro atoms. The molecule has 1 saturated heterocycles. The number of halogens is 2. The topological polar surface area (TPSA) is 157 Å². The first-order valence-corrected chi connectivity index (χ1v) is 20.0. The number of aromatic nitrogens is 2. The monoisotopic (exact) mass is 787 g/mol. The highest BCUT2D eigenvalue weighted by Gasteiger charge is 2.39. The van der Waals surface area contributed by atoms with Crippen LogP contribution in [0.4, 0.5) is 4.39 Å². The van der Waals surface area contributed by atoms with Gasteiger partial charge in [0.25, 0.3) is 15.7 Å². The molecule has 1 aliphatic heterocycles. The third-order valence-electron chi connectivity index (χ3n) is 8.76. The zero-order chi connectivity index (χ0) is 38.9. The highest BCUT2D eigenvalue weighted by atomic mass is 35.5. The van der Waals surface area contributed by atoms with Crippen LogP contribution in [0, 0.1) is 5.82 Å². The van der Waals surface area contributed by atoms with Crippen molar-refractivity contribution in [1.82, 2.24) is 14.5 Å². The van der Waals surface area contributed by atoms with Crippen molar-refractivity contribution in [2.45, 2.75) is 116 Å². The van der Waals surface area contributed by atoms with Gasteiger partial charge < -0.3 is 19.1 Å². The molecule has 3 atom stereocenters. The van der Waals surface area contributed by atoms with E-state index in [4.69, 9.17) is 25.8 Å². The Labute approximate surface area is 314 Å². The molecule has 0 bridgehead atoms. The van der Waals surface area contributed by atoms with Gasteiger partial charge in [0.15, 0.2) is 0 Å². The minimum Gasteiger partial charge on any atom is -0.463 e. The molecule has 12 nitrogen and oxygen atoms in total. The number of rotatable bonds is 15. The first-order chi connectivity index (χ1) is 24.4. The van der Waals surface area contributed by atoms with E-state index in [9.17, 15) is 31.7 Å². The van der Waals surface area contributed by atoms with Gasteiger partial charge in [0.2, 0.25) is 5.82 Å². The first-order valence-electron chi connectivity index (χ1n) is 17.4. The fourth-order valence-electron chi connectivity index (χ4n) is 5.71. The lowest BCUT2D eigenvalue weighted by atomic mass is 9.89. The number of hydrogen-bond acceptors (Lipinski definition) is 10. The van der Waals surface area contributed by atoms with Crippen LogP contribution in [0.2, 0.25) is 4.34 Å². The quantitative estimate of drug-likeness (QED) is 0.123. The van der Waals surface area contributed by atoms with Gasteiger partial charge in [0, 0.05) is 17.8 Å². The summed E-state index contributed by atoms with van der Waals surface area (Å²) in [5.74, 6) is -1.05. The summed E-state index contributed by atoms with van der Waals surface area (Å²) in [7, 11) is -4.20. The molecule has 0 aliphatic carbocycles. The van der Waals surface area contributed by atoms with E-state index in [1.165, 1.54) is 11.3 Å². The molecule has 3 aromatic rings. The molecular formula is C36H51ClFN3O9S2. The molecule has 0 radical (unpaired) electrons. The van der Waals surface area contributed by atoms with Gasteiger partial charge >= 0.3 is 11.7 Å². The molecule has 3 heterocycles. The van der Waals surface area contributed by atoms with Crippen LogP contribution in [0.3, 0.4) is 0 Å². The number of ether oxygens (including phenoxy) is 3. The summed E-state index contributed by atoms with van der Waals surface area (Å²) in [4.78, 5) is 40.7. The van der Waals surface area contributed by atoms with Crippen LogP contribution in [0.5, 0.6) is 0 Å². The maximum absolute atomic E-state index is 13.8. The Morgan fingerprint density at radius 1 is 1.10 bits per heavy atom. The molecule has 2 aromatic heterocycles. The molecule has 4 rings (SSSR count). The summed E-state index contributed by atoms with van der Waals surface area (Å²) >= 11 is 7.34. The van der Waals surface area contributed by atoms with E-state index in [1.54, 1.807) is 6.07 Å². The van der Waals surface area contributed by atoms with Crippen LogP contribution in [0.1, 0.15) is 114 Å². The maximum Gasteiger partial charge on any atom is 0.330 e. The van der Waals surface area contributed by atoms with Crippen LogP contribution in [-0.4, -0.2) is 71.8 Å². The molecule has 2 N–H and O–H groups in total. The number of nitrogens with zero attached hydrogens (tertiary/aromatic N) is 2. The van der Waals surface area contributed by atoms with Crippen LogP contribution >= 0.6 is 22.9 Å². The molecule has 1 fully saturated rings. The van der Waals surface area contributed by atoms with Crippen molar-refractivity contribution >= 4 is 39.0 Å². The lowest BCUT2D eigenvalue weighted by molar-refractivity contribution is -0.151. The van der Waals surface area contributed by atoms with Gasteiger partial charge in [-0.25, -0.2) is 4.79 Å². The Hall–Kier alpha value is -2.92. The predicted octanol–water partition coefficient (Wildman–Crippen LogP) is 6.84. The van der Waals surface area contributed by atoms with E-state index in [0.717, 1.165) is 34.3 Å². The van der Waals surface area contributed by atoms with Crippen molar-refractivity contribution in [3.8, 4) is 0 Å². The van der Waals surface area contributed by atoms with Crippen LogP contribution in [-0.2, 0) is 35.7 Å². The normalized spacial score (nSPS) is 17.6. The van der Waals surface area contributed by atoms with E-state index in [2.05, 4.69) is 18.7 Å². The van der Waals surface area contributed by atoms with E-state index < -0.39 is 45.6 Å². The summed E-state index contributed by atoms with van der Waals surface area (Å²) in [6.45, 7) is 18.4. The summed E-state index contributed by atoms with van der Waals surface area (Å²) in [5.41, 5.74) is 0.622. The van der Waals surface area contributed by atoms with E-state index in [-0.39, 0.29) is 48.8 Å². The number of aromatic amines is 1. The molecule has 0 saturated carbocycles. The van der Waals surface area contributed by atoms with Gasteiger partial charge in [-0.1, -0.05) is 79.1 Å². The Morgan fingerprint density at radius 2 is 1.71 bits per heavy atom. The van der Waals surface area contributed by atoms with Crippen molar-refractivity contribution in [3.05, 3.63) is 83.0 Å². The molecule has 1 aromatic carbocycles. The second kappa shape index (κ2) is 19.4. The highest BCUT2D eigenvalue weighted by molar-refractivity contribution is 7.86. The molecule has 16 heteroatoms. The van der Waals surface area contributed by atoms with Gasteiger partial charge in [0.05, 0.1) is 29.7 Å². The smallest absolute Gasteiger partial charge is 0.330 e. The van der Waals surface area contributed by atoms with Gasteiger partial charge in [-0.2, -0.15) is 12.8 Å². The zero-order valence-corrected chi connectivity index (χ0v) is 33.4. The van der Waals surface area contributed by atoms with Crippen LogP contribution in [0.25, 0.3) is 0 Å². The second-order valence-electron chi connectivity index (χ2n) is 13.5. The molecule has 0 unspecified atom stereocenters. The number of hydrogen-bond donors (Lipinski definition) is 2. The largest absolute Gasteiger partial charge is 0.463 e. The minimum absolute atomic E-state index is 0.0492. The van der Waals surface area contributed by atoms with Crippen LogP contribution in [0.15, 0.2) is 44.9 Å². The third-order valence-corrected chi connectivity index (χ3v) is 10.9.